The zero-order valence-electron chi connectivity index (χ0n) is 21.8. The molecule has 2 aliphatic rings. The second kappa shape index (κ2) is 15.2. The van der Waals surface area contributed by atoms with Crippen LogP contribution >= 0.6 is 0 Å². The highest BCUT2D eigenvalue weighted by molar-refractivity contribution is 5.95. The normalized spacial score (nSPS) is 22.9. The van der Waals surface area contributed by atoms with Crippen molar-refractivity contribution < 1.29 is 9.53 Å². The van der Waals surface area contributed by atoms with Crippen molar-refractivity contribution in [2.24, 2.45) is 22.9 Å². The van der Waals surface area contributed by atoms with Gasteiger partial charge in [-0.25, -0.2) is 5.43 Å². The molecule has 34 heavy (non-hydrogen) atoms. The molecule has 1 aromatic rings. The first-order valence-corrected chi connectivity index (χ1v) is 14.3. The van der Waals surface area contributed by atoms with Gasteiger partial charge in [0.05, 0.1) is 6.61 Å². The van der Waals surface area contributed by atoms with Crippen LogP contribution < -0.4 is 10.2 Å². The molecule has 0 heterocycles. The lowest BCUT2D eigenvalue weighted by Crippen LogP contribution is -2.27. The molecule has 0 radical (unpaired) electrons. The molecule has 3 rings (SSSR count). The molecular formula is C30H48N2O2. The van der Waals surface area contributed by atoms with Gasteiger partial charge in [0, 0.05) is 11.3 Å². The Morgan fingerprint density at radius 2 is 1.50 bits per heavy atom. The number of nitrogens with zero attached hydrogens (tertiary/aromatic N) is 1. The minimum atomic E-state index is -0.133. The van der Waals surface area contributed by atoms with E-state index in [4.69, 9.17) is 4.74 Å². The highest BCUT2D eigenvalue weighted by Gasteiger charge is 2.29. The zero-order valence-corrected chi connectivity index (χ0v) is 21.8. The van der Waals surface area contributed by atoms with E-state index in [0.29, 0.717) is 5.56 Å². The fraction of sp³-hybridized carbons (Fsp3) is 0.733. The number of unbranched alkanes of at least 4 members (excludes halogenated alkanes) is 5. The summed E-state index contributed by atoms with van der Waals surface area (Å²) in [5.41, 5.74) is 4.58. The summed E-state index contributed by atoms with van der Waals surface area (Å²) >= 11 is 0. The van der Waals surface area contributed by atoms with E-state index in [2.05, 4.69) is 24.4 Å². The molecule has 0 spiro atoms. The summed E-state index contributed by atoms with van der Waals surface area (Å²) in [4.78, 5) is 12.5. The average molecular weight is 469 g/mol. The Morgan fingerprint density at radius 1 is 0.853 bits per heavy atom. The van der Waals surface area contributed by atoms with E-state index >= 15 is 0 Å². The first-order valence-electron chi connectivity index (χ1n) is 14.3. The van der Waals surface area contributed by atoms with Gasteiger partial charge < -0.3 is 4.74 Å². The summed E-state index contributed by atoms with van der Waals surface area (Å²) in [5, 5.41) is 4.48. The maximum absolute atomic E-state index is 12.5. The van der Waals surface area contributed by atoms with Gasteiger partial charge >= 0.3 is 0 Å². The van der Waals surface area contributed by atoms with E-state index in [-0.39, 0.29) is 5.91 Å². The highest BCUT2D eigenvalue weighted by atomic mass is 16.5. The van der Waals surface area contributed by atoms with Crippen LogP contribution in [0.1, 0.15) is 127 Å². The number of rotatable bonds is 13. The number of carbonyl (C=O) groups excluding carboxylic acids is 1. The molecule has 0 aromatic heterocycles. The third-order valence-electron chi connectivity index (χ3n) is 8.06. The maximum Gasteiger partial charge on any atom is 0.271 e. The van der Waals surface area contributed by atoms with Gasteiger partial charge in [-0.3, -0.25) is 4.79 Å². The molecule has 2 fully saturated rings. The number of hydrazone groups is 1. The number of hydrogen-bond acceptors (Lipinski definition) is 3. The Bertz CT molecular complexity index is 725. The molecule has 4 heteroatoms. The van der Waals surface area contributed by atoms with Crippen molar-refractivity contribution in [3.8, 4) is 5.75 Å². The summed E-state index contributed by atoms with van der Waals surface area (Å²) < 4.78 is 5.82. The molecule has 4 nitrogen and oxygen atoms in total. The largest absolute Gasteiger partial charge is 0.494 e. The van der Waals surface area contributed by atoms with Crippen molar-refractivity contribution in [3.63, 3.8) is 0 Å². The maximum atomic E-state index is 12.5. The molecule has 0 unspecified atom stereocenters. The average Bonchev–Trinajstić information content (AvgIpc) is 2.88. The number of amides is 1. The van der Waals surface area contributed by atoms with Crippen molar-refractivity contribution in [1.29, 1.82) is 0 Å². The van der Waals surface area contributed by atoms with E-state index in [1.807, 2.05) is 24.3 Å². The molecule has 1 amide bonds. The van der Waals surface area contributed by atoms with E-state index < -0.39 is 0 Å². The molecule has 2 saturated carbocycles. The van der Waals surface area contributed by atoms with Crippen molar-refractivity contribution in [3.05, 3.63) is 29.8 Å². The van der Waals surface area contributed by atoms with E-state index in [0.717, 1.165) is 55.1 Å². The fourth-order valence-electron chi connectivity index (χ4n) is 5.88. The molecule has 2 aliphatic carbocycles. The van der Waals surface area contributed by atoms with Crippen LogP contribution in [0.2, 0.25) is 0 Å². The predicted molar refractivity (Wildman–Crippen MR) is 143 cm³/mol. The Balaban J connectivity index is 1.32. The lowest BCUT2D eigenvalue weighted by atomic mass is 9.70. The van der Waals surface area contributed by atoms with Crippen LogP contribution in [-0.4, -0.2) is 18.2 Å². The van der Waals surface area contributed by atoms with Crippen LogP contribution in [0.15, 0.2) is 29.4 Å². The number of nitrogens with one attached hydrogen (secondary N) is 1. The number of carbonyl (C=O) groups is 1. The second-order valence-corrected chi connectivity index (χ2v) is 10.7. The van der Waals surface area contributed by atoms with Crippen LogP contribution in [-0.2, 0) is 0 Å². The van der Waals surface area contributed by atoms with E-state index in [1.54, 1.807) is 0 Å². The molecular weight excluding hydrogens is 420 g/mol. The molecule has 1 aromatic carbocycles. The van der Waals surface area contributed by atoms with Crippen LogP contribution in [0.25, 0.3) is 0 Å². The number of hydrogen-bond donors (Lipinski definition) is 1. The van der Waals surface area contributed by atoms with Crippen molar-refractivity contribution in [2.75, 3.05) is 6.61 Å². The Labute approximate surface area is 208 Å². The van der Waals surface area contributed by atoms with Gasteiger partial charge in [0.2, 0.25) is 0 Å². The van der Waals surface area contributed by atoms with Crippen molar-refractivity contribution in [1.82, 2.24) is 5.43 Å². The molecule has 0 bridgehead atoms. The summed E-state index contributed by atoms with van der Waals surface area (Å²) in [7, 11) is 0. The zero-order chi connectivity index (χ0) is 24.0. The summed E-state index contributed by atoms with van der Waals surface area (Å²) in [6, 6.07) is 7.44. The van der Waals surface area contributed by atoms with Crippen molar-refractivity contribution in [2.45, 2.75) is 117 Å². The van der Waals surface area contributed by atoms with Gasteiger partial charge in [-0.15, -0.1) is 0 Å². The van der Waals surface area contributed by atoms with Gasteiger partial charge in [-0.1, -0.05) is 71.6 Å². The third kappa shape index (κ3) is 9.07. The van der Waals surface area contributed by atoms with Crippen LogP contribution in [0.3, 0.4) is 0 Å². The molecule has 0 atom stereocenters. The third-order valence-corrected chi connectivity index (χ3v) is 8.06. The van der Waals surface area contributed by atoms with Gasteiger partial charge in [0.1, 0.15) is 5.75 Å². The lowest BCUT2D eigenvalue weighted by molar-refractivity contribution is 0.0954. The monoisotopic (exact) mass is 468 g/mol. The molecule has 0 saturated heterocycles. The minimum absolute atomic E-state index is 0.133. The molecule has 0 aliphatic heterocycles. The Morgan fingerprint density at radius 3 is 2.18 bits per heavy atom. The first-order chi connectivity index (χ1) is 16.7. The van der Waals surface area contributed by atoms with Crippen LogP contribution in [0.4, 0.5) is 0 Å². The Kier molecular flexibility index (Phi) is 12.0. The Hall–Kier alpha value is -1.84. The smallest absolute Gasteiger partial charge is 0.271 e. The van der Waals surface area contributed by atoms with Gasteiger partial charge in [0.15, 0.2) is 0 Å². The summed E-state index contributed by atoms with van der Waals surface area (Å²) in [5.74, 6) is 3.47. The fourth-order valence-corrected chi connectivity index (χ4v) is 5.88. The standard InChI is InChI=1S/C30H48N2O2/c1-3-5-6-7-8-9-23-34-29-21-17-27(18-22-29)30(33)32-31-28-19-15-26(16-20-28)25-13-11-24(10-4-2)12-14-25/h17-18,21-22,24-26H,3-16,19-20,23H2,1-2H3,(H,32,33). The molecule has 190 valence electrons. The van der Waals surface area contributed by atoms with Gasteiger partial charge in [-0.2, -0.15) is 5.10 Å². The quantitative estimate of drug-likeness (QED) is 0.234. The predicted octanol–water partition coefficient (Wildman–Crippen LogP) is 8.31. The lowest BCUT2D eigenvalue weighted by Gasteiger charge is -2.36. The molecule has 1 N–H and O–H groups in total. The van der Waals surface area contributed by atoms with E-state index in [1.165, 1.54) is 83.5 Å². The van der Waals surface area contributed by atoms with E-state index in [9.17, 15) is 4.79 Å². The second-order valence-electron chi connectivity index (χ2n) is 10.7. The summed E-state index contributed by atoms with van der Waals surface area (Å²) in [6.45, 7) is 5.30. The van der Waals surface area contributed by atoms with Crippen LogP contribution in [0.5, 0.6) is 5.75 Å². The SMILES string of the molecule is CCCCCCCCOc1ccc(C(=O)NN=C2CCC(C3CCC(CCC)CC3)CC2)cc1. The minimum Gasteiger partial charge on any atom is -0.494 e. The number of benzene rings is 1. The first kappa shape index (κ1) is 26.8. The number of ether oxygens (including phenoxy) is 1. The van der Waals surface area contributed by atoms with Gasteiger partial charge in [0.25, 0.3) is 5.91 Å². The van der Waals surface area contributed by atoms with Crippen LogP contribution in [0, 0.1) is 17.8 Å². The van der Waals surface area contributed by atoms with Crippen molar-refractivity contribution >= 4 is 11.6 Å². The highest BCUT2D eigenvalue weighted by Crippen LogP contribution is 2.40. The summed E-state index contributed by atoms with van der Waals surface area (Å²) in [6.07, 6.45) is 20.6. The topological polar surface area (TPSA) is 50.7 Å². The van der Waals surface area contributed by atoms with Gasteiger partial charge in [-0.05, 0) is 87.0 Å².